The molecule has 1 amide bonds. The van der Waals surface area contributed by atoms with Crippen molar-refractivity contribution in [3.63, 3.8) is 0 Å². The summed E-state index contributed by atoms with van der Waals surface area (Å²) in [7, 11) is 0. The summed E-state index contributed by atoms with van der Waals surface area (Å²) in [6.07, 6.45) is 3.35. The van der Waals surface area contributed by atoms with Gasteiger partial charge in [0.1, 0.15) is 11.4 Å². The van der Waals surface area contributed by atoms with Crippen LogP contribution in [0.15, 0.2) is 24.5 Å². The molecule has 1 atom stereocenters. The standard InChI is InChI=1S/C19H22FN7O2/c1-19(2,3)29-18(28)26-7-6-12(10-26)27-17-13(9-23-27)15(21)24-16(25-17)11-4-5-14(20)22-8-11/h4-5,8-9,12H,6-7,10H2,1-3H3,(H2,21,24,25)/t12-/m0/s1. The van der Waals surface area contributed by atoms with Crippen molar-refractivity contribution in [3.05, 3.63) is 30.5 Å². The van der Waals surface area contributed by atoms with Gasteiger partial charge in [-0.3, -0.25) is 0 Å². The highest BCUT2D eigenvalue weighted by Crippen LogP contribution is 2.29. The Labute approximate surface area is 166 Å². The van der Waals surface area contributed by atoms with Crippen LogP contribution in [0, 0.1) is 5.95 Å². The zero-order valence-electron chi connectivity index (χ0n) is 16.5. The van der Waals surface area contributed by atoms with E-state index in [1.807, 2.05) is 20.8 Å². The topological polar surface area (TPSA) is 112 Å². The van der Waals surface area contributed by atoms with Crippen molar-refractivity contribution in [1.29, 1.82) is 0 Å². The lowest BCUT2D eigenvalue weighted by atomic mass is 10.2. The van der Waals surface area contributed by atoms with Crippen molar-refractivity contribution in [2.24, 2.45) is 0 Å². The van der Waals surface area contributed by atoms with Gasteiger partial charge in [0.2, 0.25) is 5.95 Å². The number of nitrogen functional groups attached to an aromatic ring is 1. The smallest absolute Gasteiger partial charge is 0.410 e. The van der Waals surface area contributed by atoms with Crippen LogP contribution in [-0.4, -0.2) is 54.4 Å². The van der Waals surface area contributed by atoms with Crippen molar-refractivity contribution in [2.75, 3.05) is 18.8 Å². The van der Waals surface area contributed by atoms with E-state index in [0.717, 1.165) is 0 Å². The largest absolute Gasteiger partial charge is 0.444 e. The number of fused-ring (bicyclic) bond motifs is 1. The number of likely N-dealkylation sites (tertiary alicyclic amines) is 1. The number of pyridine rings is 1. The molecule has 1 fully saturated rings. The summed E-state index contributed by atoms with van der Waals surface area (Å²) in [5.41, 5.74) is 6.66. The maximum Gasteiger partial charge on any atom is 0.410 e. The Morgan fingerprint density at radius 3 is 2.76 bits per heavy atom. The van der Waals surface area contributed by atoms with E-state index in [1.54, 1.807) is 21.8 Å². The fourth-order valence-electron chi connectivity index (χ4n) is 3.29. The van der Waals surface area contributed by atoms with Gasteiger partial charge in [-0.15, -0.1) is 0 Å². The molecule has 3 aromatic heterocycles. The average molecular weight is 399 g/mol. The third-order valence-electron chi connectivity index (χ3n) is 4.63. The lowest BCUT2D eigenvalue weighted by Crippen LogP contribution is -2.35. The number of ether oxygens (including phenoxy) is 1. The molecule has 0 aliphatic carbocycles. The molecule has 1 aliphatic rings. The first-order valence-corrected chi connectivity index (χ1v) is 9.32. The number of nitrogens with two attached hydrogens (primary N) is 1. The molecule has 3 aromatic rings. The normalized spacial score (nSPS) is 17.1. The fraction of sp³-hybridized carbons (Fsp3) is 0.421. The number of carbonyl (C=O) groups is 1. The quantitative estimate of drug-likeness (QED) is 0.659. The van der Waals surface area contributed by atoms with Crippen LogP contribution in [0.25, 0.3) is 22.4 Å². The van der Waals surface area contributed by atoms with E-state index in [4.69, 9.17) is 10.5 Å². The first-order valence-electron chi connectivity index (χ1n) is 9.32. The van der Waals surface area contributed by atoms with Crippen LogP contribution in [-0.2, 0) is 4.74 Å². The Hall–Kier alpha value is -3.30. The van der Waals surface area contributed by atoms with E-state index in [2.05, 4.69) is 20.1 Å². The predicted octanol–water partition coefficient (Wildman–Crippen LogP) is 2.79. The number of amides is 1. The number of hydrogen-bond donors (Lipinski definition) is 1. The van der Waals surface area contributed by atoms with E-state index in [9.17, 15) is 9.18 Å². The Morgan fingerprint density at radius 2 is 2.07 bits per heavy atom. The molecule has 0 bridgehead atoms. The van der Waals surface area contributed by atoms with Gasteiger partial charge in [0, 0.05) is 24.8 Å². The maximum atomic E-state index is 13.1. The number of aromatic nitrogens is 5. The van der Waals surface area contributed by atoms with Crippen LogP contribution in [0.1, 0.15) is 33.2 Å². The van der Waals surface area contributed by atoms with Crippen LogP contribution in [0.2, 0.25) is 0 Å². The number of anilines is 1. The van der Waals surface area contributed by atoms with Crippen molar-refractivity contribution in [3.8, 4) is 11.4 Å². The molecule has 0 spiro atoms. The van der Waals surface area contributed by atoms with Gasteiger partial charge in [-0.05, 0) is 39.3 Å². The molecular weight excluding hydrogens is 377 g/mol. The summed E-state index contributed by atoms with van der Waals surface area (Å²) >= 11 is 0. The van der Waals surface area contributed by atoms with Crippen LogP contribution < -0.4 is 5.73 Å². The van der Waals surface area contributed by atoms with Gasteiger partial charge in [0.15, 0.2) is 11.5 Å². The van der Waals surface area contributed by atoms with E-state index >= 15 is 0 Å². The molecule has 0 radical (unpaired) electrons. The molecule has 0 aromatic carbocycles. The van der Waals surface area contributed by atoms with Crippen molar-refractivity contribution in [2.45, 2.75) is 38.8 Å². The third-order valence-corrected chi connectivity index (χ3v) is 4.63. The lowest BCUT2D eigenvalue weighted by molar-refractivity contribution is 0.0288. The minimum atomic E-state index is -0.582. The maximum absolute atomic E-state index is 13.1. The molecule has 4 rings (SSSR count). The zero-order valence-corrected chi connectivity index (χ0v) is 16.5. The third kappa shape index (κ3) is 3.82. The molecule has 10 heteroatoms. The molecule has 9 nitrogen and oxygen atoms in total. The molecule has 1 aliphatic heterocycles. The second-order valence-electron chi connectivity index (χ2n) is 8.00. The van der Waals surface area contributed by atoms with E-state index in [1.165, 1.54) is 12.3 Å². The second-order valence-corrected chi connectivity index (χ2v) is 8.00. The molecule has 0 unspecified atom stereocenters. The number of carbonyl (C=O) groups excluding carboxylic acids is 1. The van der Waals surface area contributed by atoms with Gasteiger partial charge in [-0.1, -0.05) is 0 Å². The Morgan fingerprint density at radius 1 is 1.28 bits per heavy atom. The molecular formula is C19H22FN7O2. The minimum absolute atomic E-state index is 0.0616. The van der Waals surface area contributed by atoms with Gasteiger partial charge in [-0.25, -0.2) is 24.4 Å². The number of halogens is 1. The highest BCUT2D eigenvalue weighted by Gasteiger charge is 2.32. The SMILES string of the molecule is CC(C)(C)OC(=O)N1CC[C@H](n2ncc3c(N)nc(-c4ccc(F)nc4)nc32)C1. The summed E-state index contributed by atoms with van der Waals surface area (Å²) in [5, 5.41) is 5.06. The highest BCUT2D eigenvalue weighted by molar-refractivity contribution is 5.87. The van der Waals surface area contributed by atoms with E-state index in [0.29, 0.717) is 41.9 Å². The first-order chi connectivity index (χ1) is 13.7. The van der Waals surface area contributed by atoms with Crippen LogP contribution in [0.3, 0.4) is 0 Å². The number of hydrogen-bond acceptors (Lipinski definition) is 7. The van der Waals surface area contributed by atoms with Gasteiger partial charge in [0.25, 0.3) is 0 Å². The van der Waals surface area contributed by atoms with Crippen molar-refractivity contribution < 1.29 is 13.9 Å². The molecule has 0 saturated carbocycles. The molecule has 4 heterocycles. The Kier molecular flexibility index (Phi) is 4.56. The summed E-state index contributed by atoms with van der Waals surface area (Å²) in [5.74, 6) is 0.0369. The molecule has 152 valence electrons. The lowest BCUT2D eigenvalue weighted by Gasteiger charge is -2.24. The minimum Gasteiger partial charge on any atom is -0.444 e. The number of rotatable bonds is 2. The van der Waals surface area contributed by atoms with Gasteiger partial charge in [0.05, 0.1) is 17.6 Å². The second kappa shape index (κ2) is 6.94. The van der Waals surface area contributed by atoms with Crippen LogP contribution in [0.4, 0.5) is 15.0 Å². The predicted molar refractivity (Wildman–Crippen MR) is 104 cm³/mol. The van der Waals surface area contributed by atoms with Crippen molar-refractivity contribution >= 4 is 22.9 Å². The monoisotopic (exact) mass is 399 g/mol. The summed E-state index contributed by atoms with van der Waals surface area (Å²) in [4.78, 5) is 26.5. The average Bonchev–Trinajstić information content (AvgIpc) is 3.27. The summed E-state index contributed by atoms with van der Waals surface area (Å²) in [6, 6.07) is 2.73. The Bertz CT molecular complexity index is 1060. The van der Waals surface area contributed by atoms with Crippen LogP contribution in [0.5, 0.6) is 0 Å². The highest BCUT2D eigenvalue weighted by atomic mass is 19.1. The van der Waals surface area contributed by atoms with Gasteiger partial charge >= 0.3 is 6.09 Å². The molecule has 1 saturated heterocycles. The summed E-state index contributed by atoms with van der Waals surface area (Å²) in [6.45, 7) is 6.54. The number of nitrogens with zero attached hydrogens (tertiary/aromatic N) is 6. The van der Waals surface area contributed by atoms with Crippen molar-refractivity contribution in [1.82, 2.24) is 29.6 Å². The van der Waals surface area contributed by atoms with Crippen LogP contribution >= 0.6 is 0 Å². The van der Waals surface area contributed by atoms with Gasteiger partial charge < -0.3 is 15.4 Å². The molecule has 29 heavy (non-hydrogen) atoms. The summed E-state index contributed by atoms with van der Waals surface area (Å²) < 4.78 is 20.3. The van der Waals surface area contributed by atoms with Gasteiger partial charge in [-0.2, -0.15) is 9.49 Å². The first kappa shape index (κ1) is 19.0. The molecule has 2 N–H and O–H groups in total. The van der Waals surface area contributed by atoms with E-state index < -0.39 is 11.5 Å². The zero-order chi connectivity index (χ0) is 20.8. The fourth-order valence-corrected chi connectivity index (χ4v) is 3.29. The van der Waals surface area contributed by atoms with E-state index in [-0.39, 0.29) is 18.0 Å². The Balaban J connectivity index is 1.63.